The van der Waals surface area contributed by atoms with Crippen LogP contribution in [0.5, 0.6) is 0 Å². The average Bonchev–Trinajstić information content (AvgIpc) is 1.36. The fourth-order valence-corrected chi connectivity index (χ4v) is 0. The Morgan fingerprint density at radius 2 is 1.11 bits per heavy atom. The fraction of sp³-hybridized carbons (Fsp3) is 0.625. The van der Waals surface area contributed by atoms with Crippen LogP contribution in [0, 0.1) is 26.7 Å². The van der Waals surface area contributed by atoms with Gasteiger partial charge in [0.2, 0.25) is 0 Å². The predicted molar refractivity (Wildman–Crippen MR) is 42.3 cm³/mol. The summed E-state index contributed by atoms with van der Waals surface area (Å²) in [6, 6.07) is 0. The van der Waals surface area contributed by atoms with Gasteiger partial charge >= 0.3 is 32.7 Å². The van der Waals surface area contributed by atoms with Crippen molar-refractivity contribution < 1.29 is 32.7 Å². The van der Waals surface area contributed by atoms with E-state index >= 15 is 0 Å². The van der Waals surface area contributed by atoms with Crippen LogP contribution in [0.1, 0.15) is 27.7 Å². The number of hydrogen-bond donors (Lipinski definition) is 0. The van der Waals surface area contributed by atoms with Crippen molar-refractivity contribution in [3.8, 4) is 0 Å². The molecule has 0 heterocycles. The van der Waals surface area contributed by atoms with Crippen LogP contribution < -0.4 is 0 Å². The van der Waals surface area contributed by atoms with Gasteiger partial charge in [0.05, 0.1) is 0 Å². The first-order chi connectivity index (χ1) is 2.64. The molecule has 0 aliphatic heterocycles. The molecule has 0 saturated heterocycles. The van der Waals surface area contributed by atoms with Crippen molar-refractivity contribution in [2.24, 2.45) is 5.92 Å². The molecular formula is C8H19Y. The Balaban J connectivity index is -0.0000000417. The smallest absolute Gasteiger partial charge is 0.358 e. The van der Waals surface area contributed by atoms with E-state index in [2.05, 4.69) is 27.7 Å². The fourth-order valence-electron chi connectivity index (χ4n) is 0. The Bertz CT molecular complexity index is 25.5. The summed E-state index contributed by atoms with van der Waals surface area (Å²) in [5.41, 5.74) is 0. The van der Waals surface area contributed by atoms with E-state index in [0.29, 0.717) is 0 Å². The molecule has 0 unspecified atom stereocenters. The molecule has 0 nitrogen and oxygen atoms in total. The Hall–Kier alpha value is 1.10. The average molecular weight is 204 g/mol. The third-order valence-electron chi connectivity index (χ3n) is 1.15. The summed E-state index contributed by atoms with van der Waals surface area (Å²) in [6.07, 6.45) is 0. The quantitative estimate of drug-likeness (QED) is 0.575. The van der Waals surface area contributed by atoms with E-state index < -0.39 is 0 Å². The Morgan fingerprint density at radius 3 is 1.11 bits per heavy atom. The van der Waals surface area contributed by atoms with Gasteiger partial charge in [0.1, 0.15) is 0 Å². The maximum Gasteiger partial charge on any atom is 3.00 e. The van der Waals surface area contributed by atoms with Gasteiger partial charge in [-0.2, -0.15) is 19.8 Å². The van der Waals surface area contributed by atoms with E-state index in [1.165, 1.54) is 5.92 Å². The molecule has 0 aliphatic carbocycles. The van der Waals surface area contributed by atoms with Gasteiger partial charge in [-0.3, -0.25) is 0 Å². The van der Waals surface area contributed by atoms with Crippen LogP contribution in [0.2, 0.25) is 0 Å². The minimum absolute atomic E-state index is 0. The minimum atomic E-state index is 0. The second-order valence-corrected chi connectivity index (χ2v) is 2.23. The van der Waals surface area contributed by atoms with Crippen molar-refractivity contribution in [1.29, 1.82) is 0 Å². The molecule has 0 atom stereocenters. The molecule has 0 spiro atoms. The van der Waals surface area contributed by atoms with Crippen LogP contribution in [-0.4, -0.2) is 0 Å². The largest absolute Gasteiger partial charge is 3.00 e. The number of hydrogen-bond acceptors (Lipinski definition) is 0. The molecule has 0 aromatic heterocycles. The topological polar surface area (TPSA) is 0 Å². The molecule has 0 aliphatic rings. The second-order valence-electron chi connectivity index (χ2n) is 2.23. The predicted octanol–water partition coefficient (Wildman–Crippen LogP) is 3.15. The summed E-state index contributed by atoms with van der Waals surface area (Å²) < 4.78 is 0. The van der Waals surface area contributed by atoms with Gasteiger partial charge < -0.3 is 20.8 Å². The van der Waals surface area contributed by atoms with E-state index in [4.69, 9.17) is 0 Å². The van der Waals surface area contributed by atoms with Gasteiger partial charge in [-0.05, 0) is 0 Å². The number of rotatable bonds is 1. The molecular weight excluding hydrogens is 185 g/mol. The summed E-state index contributed by atoms with van der Waals surface area (Å²) in [5, 5.41) is 0. The van der Waals surface area contributed by atoms with Gasteiger partial charge in [0.25, 0.3) is 0 Å². The van der Waals surface area contributed by atoms with Crippen molar-refractivity contribution >= 4 is 0 Å². The van der Waals surface area contributed by atoms with Gasteiger partial charge in [0.15, 0.2) is 0 Å². The van der Waals surface area contributed by atoms with E-state index in [1.54, 1.807) is 0 Å². The van der Waals surface area contributed by atoms with Gasteiger partial charge in [0, 0.05) is 0 Å². The summed E-state index contributed by atoms with van der Waals surface area (Å²) in [7, 11) is 0. The summed E-state index contributed by atoms with van der Waals surface area (Å²) in [4.78, 5) is 0. The Kier molecular flexibility index (Phi) is 29.6. The monoisotopic (exact) mass is 204 g/mol. The maximum absolute atomic E-state index is 2.20. The molecule has 0 rings (SSSR count). The van der Waals surface area contributed by atoms with E-state index in [0.717, 1.165) is 5.92 Å². The van der Waals surface area contributed by atoms with Crippen LogP contribution in [0.4, 0.5) is 0 Å². The molecule has 0 radical (unpaired) electrons. The minimum Gasteiger partial charge on any atom is -0.358 e. The SMILES string of the molecule is C[C-](C)C(C)C.[CH3-].[CH3-].[Y+3]. The van der Waals surface area contributed by atoms with Crippen LogP contribution in [0.25, 0.3) is 0 Å². The molecule has 0 saturated carbocycles. The molecule has 0 fully saturated rings. The van der Waals surface area contributed by atoms with Crippen molar-refractivity contribution in [3.05, 3.63) is 20.8 Å². The zero-order valence-corrected chi connectivity index (χ0v) is 10.5. The van der Waals surface area contributed by atoms with Crippen molar-refractivity contribution in [3.63, 3.8) is 0 Å². The van der Waals surface area contributed by atoms with E-state index in [1.807, 2.05) is 0 Å². The van der Waals surface area contributed by atoms with Crippen molar-refractivity contribution in [1.82, 2.24) is 0 Å². The first kappa shape index (κ1) is 22.5. The molecule has 0 amide bonds. The van der Waals surface area contributed by atoms with Crippen molar-refractivity contribution in [2.75, 3.05) is 0 Å². The normalized spacial score (nSPS) is 7.33. The zero-order valence-electron chi connectivity index (χ0n) is 7.65. The third-order valence-corrected chi connectivity index (χ3v) is 1.15. The molecule has 0 aromatic carbocycles. The van der Waals surface area contributed by atoms with Crippen LogP contribution in [0.3, 0.4) is 0 Å². The van der Waals surface area contributed by atoms with E-state index in [9.17, 15) is 0 Å². The van der Waals surface area contributed by atoms with Crippen molar-refractivity contribution in [2.45, 2.75) is 27.7 Å². The molecule has 0 aromatic rings. The maximum atomic E-state index is 2.20. The van der Waals surface area contributed by atoms with Gasteiger partial charge in [-0.25, -0.2) is 0 Å². The first-order valence-electron chi connectivity index (χ1n) is 2.44. The summed E-state index contributed by atoms with van der Waals surface area (Å²) in [6.45, 7) is 8.72. The molecule has 9 heavy (non-hydrogen) atoms. The van der Waals surface area contributed by atoms with E-state index in [-0.39, 0.29) is 47.6 Å². The molecule has 0 bridgehead atoms. The first-order valence-corrected chi connectivity index (χ1v) is 2.44. The molecule has 1 heteroatoms. The van der Waals surface area contributed by atoms with Crippen LogP contribution >= 0.6 is 0 Å². The van der Waals surface area contributed by atoms with Gasteiger partial charge in [-0.1, -0.05) is 13.8 Å². The Labute approximate surface area is 86.7 Å². The van der Waals surface area contributed by atoms with Gasteiger partial charge in [-0.15, -0.1) is 0 Å². The summed E-state index contributed by atoms with van der Waals surface area (Å²) >= 11 is 0. The Morgan fingerprint density at radius 1 is 1.00 bits per heavy atom. The zero-order chi connectivity index (χ0) is 5.15. The third kappa shape index (κ3) is 17.6. The molecule has 0 N–H and O–H groups in total. The standard InChI is InChI=1S/C6H13.2CH3.Y/c1-5(2)6(3)4;;;/h5H,1-4H3;2*1H3;/q3*-1;+3. The van der Waals surface area contributed by atoms with Crippen LogP contribution in [0.15, 0.2) is 0 Å². The molecule has 54 valence electrons. The summed E-state index contributed by atoms with van der Waals surface area (Å²) in [5.74, 6) is 2.28. The van der Waals surface area contributed by atoms with Crippen LogP contribution in [-0.2, 0) is 32.7 Å². The second kappa shape index (κ2) is 11.8.